The Balaban J connectivity index is 1.51. The third-order valence-electron chi connectivity index (χ3n) is 6.60. The molecular formula is C21H18N6. The highest BCUT2D eigenvalue weighted by molar-refractivity contribution is 5.95. The summed E-state index contributed by atoms with van der Waals surface area (Å²) in [5.41, 5.74) is 6.49. The molecule has 6 heteroatoms. The van der Waals surface area contributed by atoms with Crippen LogP contribution in [0.25, 0.3) is 0 Å². The average molecular weight is 354 g/mol. The number of likely N-dealkylation sites (N-methyl/N-ethyl adjacent to an activating group) is 2. The minimum Gasteiger partial charge on any atom is -0.336 e. The fourth-order valence-electron chi connectivity index (χ4n) is 5.68. The zero-order chi connectivity index (χ0) is 17.9. The number of hydrogen-bond donors (Lipinski definition) is 0. The zero-order valence-corrected chi connectivity index (χ0v) is 15.1. The van der Waals surface area contributed by atoms with Gasteiger partial charge in [-0.1, -0.05) is 6.07 Å². The molecule has 7 rings (SSSR count). The van der Waals surface area contributed by atoms with Crippen molar-refractivity contribution in [2.24, 2.45) is 0 Å². The summed E-state index contributed by atoms with van der Waals surface area (Å²) in [6.07, 6.45) is 4.24. The van der Waals surface area contributed by atoms with Crippen molar-refractivity contribution in [2.45, 2.75) is 18.2 Å². The van der Waals surface area contributed by atoms with Crippen LogP contribution in [0, 0.1) is 0 Å². The Bertz CT molecular complexity index is 1040. The third-order valence-corrected chi connectivity index (χ3v) is 6.60. The van der Waals surface area contributed by atoms with E-state index in [1.807, 2.05) is 24.5 Å². The van der Waals surface area contributed by atoms with E-state index in [-0.39, 0.29) is 12.3 Å². The Morgan fingerprint density at radius 2 is 1.15 bits per heavy atom. The minimum absolute atomic E-state index is 0.234. The first-order valence-corrected chi connectivity index (χ1v) is 9.34. The third kappa shape index (κ3) is 1.36. The van der Waals surface area contributed by atoms with E-state index in [1.165, 1.54) is 28.3 Å². The number of hydrogen-bond acceptors (Lipinski definition) is 6. The Labute approximate surface area is 157 Å². The molecule has 0 saturated carbocycles. The van der Waals surface area contributed by atoms with Crippen molar-refractivity contribution in [1.82, 2.24) is 9.97 Å². The lowest BCUT2D eigenvalue weighted by Crippen LogP contribution is -2.49. The van der Waals surface area contributed by atoms with Gasteiger partial charge in [0, 0.05) is 43.4 Å². The van der Waals surface area contributed by atoms with E-state index in [9.17, 15) is 0 Å². The summed E-state index contributed by atoms with van der Waals surface area (Å²) < 4.78 is 0. The lowest BCUT2D eigenvalue weighted by atomic mass is 9.97. The first-order valence-electron chi connectivity index (χ1n) is 9.34. The van der Waals surface area contributed by atoms with Gasteiger partial charge < -0.3 is 19.6 Å². The number of aromatic nitrogens is 2. The Morgan fingerprint density at radius 1 is 0.667 bits per heavy atom. The minimum atomic E-state index is 0.234. The molecule has 3 aromatic rings. The van der Waals surface area contributed by atoms with Gasteiger partial charge in [-0.2, -0.15) is 0 Å². The fourth-order valence-corrected chi connectivity index (χ4v) is 5.68. The molecule has 0 saturated heterocycles. The largest absolute Gasteiger partial charge is 0.336 e. The summed E-state index contributed by atoms with van der Waals surface area (Å²) in [5, 5.41) is 0. The molecule has 4 aliphatic rings. The molecule has 0 fully saturated rings. The fraction of sp³-hybridized carbons (Fsp3) is 0.238. The second kappa shape index (κ2) is 4.34. The molecule has 1 aromatic carbocycles. The summed E-state index contributed by atoms with van der Waals surface area (Å²) >= 11 is 0. The SMILES string of the molecule is CN1c2ncccc2N2c3cccc4c3C(C12)C1N(C)c2ncccc2N41. The van der Waals surface area contributed by atoms with Gasteiger partial charge in [-0.15, -0.1) is 0 Å². The number of fused-ring (bicyclic) bond motifs is 10. The van der Waals surface area contributed by atoms with Crippen LogP contribution in [0.2, 0.25) is 0 Å². The number of nitrogens with zero attached hydrogens (tertiary/aromatic N) is 6. The van der Waals surface area contributed by atoms with Crippen LogP contribution >= 0.6 is 0 Å². The highest BCUT2D eigenvalue weighted by Crippen LogP contribution is 2.64. The van der Waals surface area contributed by atoms with Crippen molar-refractivity contribution in [3.8, 4) is 0 Å². The van der Waals surface area contributed by atoms with Crippen molar-refractivity contribution in [3.05, 3.63) is 60.4 Å². The van der Waals surface area contributed by atoms with Crippen molar-refractivity contribution >= 4 is 34.4 Å². The van der Waals surface area contributed by atoms with Gasteiger partial charge in [-0.25, -0.2) is 9.97 Å². The molecule has 4 aliphatic heterocycles. The van der Waals surface area contributed by atoms with E-state index in [2.05, 4.69) is 74.0 Å². The van der Waals surface area contributed by atoms with Gasteiger partial charge in [-0.05, 0) is 36.4 Å². The van der Waals surface area contributed by atoms with E-state index >= 15 is 0 Å². The predicted molar refractivity (Wildman–Crippen MR) is 106 cm³/mol. The van der Waals surface area contributed by atoms with Crippen LogP contribution in [0.5, 0.6) is 0 Å². The van der Waals surface area contributed by atoms with Gasteiger partial charge in [0.15, 0.2) is 11.6 Å². The maximum Gasteiger partial charge on any atom is 0.153 e. The zero-order valence-electron chi connectivity index (χ0n) is 15.1. The van der Waals surface area contributed by atoms with Crippen LogP contribution in [-0.4, -0.2) is 36.4 Å². The summed E-state index contributed by atoms with van der Waals surface area (Å²) in [4.78, 5) is 19.0. The molecule has 0 radical (unpaired) electrons. The summed E-state index contributed by atoms with van der Waals surface area (Å²) in [7, 11) is 4.34. The lowest BCUT2D eigenvalue weighted by molar-refractivity contribution is 0.491. The Hall–Kier alpha value is -3.28. The van der Waals surface area contributed by atoms with Gasteiger partial charge in [0.25, 0.3) is 0 Å². The number of pyridine rings is 2. The van der Waals surface area contributed by atoms with Gasteiger partial charge in [0.2, 0.25) is 0 Å². The molecule has 0 amide bonds. The van der Waals surface area contributed by atoms with Gasteiger partial charge in [0.05, 0.1) is 17.3 Å². The highest BCUT2D eigenvalue weighted by atomic mass is 15.5. The van der Waals surface area contributed by atoms with Crippen molar-refractivity contribution in [3.63, 3.8) is 0 Å². The number of rotatable bonds is 0. The van der Waals surface area contributed by atoms with E-state index < -0.39 is 0 Å². The second-order valence-electron chi connectivity index (χ2n) is 7.72. The van der Waals surface area contributed by atoms with Crippen LogP contribution in [0.3, 0.4) is 0 Å². The summed E-state index contributed by atoms with van der Waals surface area (Å²) in [6, 6.07) is 15.1. The summed E-state index contributed by atoms with van der Waals surface area (Å²) in [5.74, 6) is 2.47. The Kier molecular flexibility index (Phi) is 2.23. The van der Waals surface area contributed by atoms with Crippen LogP contribution in [0.1, 0.15) is 11.5 Å². The monoisotopic (exact) mass is 354 g/mol. The maximum absolute atomic E-state index is 4.67. The normalized spacial score (nSPS) is 25.5. The Morgan fingerprint density at radius 3 is 1.67 bits per heavy atom. The van der Waals surface area contributed by atoms with Crippen molar-refractivity contribution in [2.75, 3.05) is 33.7 Å². The molecule has 0 bridgehead atoms. The van der Waals surface area contributed by atoms with Crippen molar-refractivity contribution in [1.29, 1.82) is 0 Å². The molecule has 2 unspecified atom stereocenters. The highest BCUT2D eigenvalue weighted by Gasteiger charge is 2.60. The maximum atomic E-state index is 4.67. The topological polar surface area (TPSA) is 38.7 Å². The van der Waals surface area contributed by atoms with Crippen molar-refractivity contribution < 1.29 is 0 Å². The van der Waals surface area contributed by atoms with E-state index in [0.29, 0.717) is 5.92 Å². The first-order chi connectivity index (χ1) is 13.3. The van der Waals surface area contributed by atoms with E-state index in [1.54, 1.807) is 0 Å². The number of benzene rings is 1. The summed E-state index contributed by atoms with van der Waals surface area (Å²) in [6.45, 7) is 0. The second-order valence-corrected chi connectivity index (χ2v) is 7.72. The predicted octanol–water partition coefficient (Wildman–Crippen LogP) is 3.42. The van der Waals surface area contributed by atoms with Crippen LogP contribution in [-0.2, 0) is 0 Å². The van der Waals surface area contributed by atoms with Crippen LogP contribution in [0.15, 0.2) is 54.9 Å². The first kappa shape index (κ1) is 13.9. The molecular weight excluding hydrogens is 336 g/mol. The molecule has 132 valence electrons. The molecule has 0 aliphatic carbocycles. The van der Waals surface area contributed by atoms with Gasteiger partial charge >= 0.3 is 0 Å². The quantitative estimate of drug-likeness (QED) is 0.616. The average Bonchev–Trinajstić information content (AvgIpc) is 3.39. The van der Waals surface area contributed by atoms with Crippen LogP contribution in [0.4, 0.5) is 34.4 Å². The molecule has 2 atom stereocenters. The van der Waals surface area contributed by atoms with Gasteiger partial charge in [-0.3, -0.25) is 0 Å². The molecule has 0 N–H and O–H groups in total. The molecule has 6 heterocycles. The molecule has 0 spiro atoms. The number of anilines is 6. The molecule has 27 heavy (non-hydrogen) atoms. The lowest BCUT2D eigenvalue weighted by Gasteiger charge is -2.35. The molecule has 6 nitrogen and oxygen atoms in total. The van der Waals surface area contributed by atoms with Crippen LogP contribution < -0.4 is 19.6 Å². The van der Waals surface area contributed by atoms with Gasteiger partial charge in [0.1, 0.15) is 12.3 Å². The van der Waals surface area contributed by atoms with E-state index in [0.717, 1.165) is 11.6 Å². The molecule has 2 aromatic heterocycles. The standard InChI is InChI=1S/C21H18N6/c1-24-18-14(8-4-10-22-18)26-12-6-3-7-13-16(12)17(20(24)26)21-25(2)19-15(27(13)21)9-5-11-23-19/h3-11,17,20-21H,1-2H3. The smallest absolute Gasteiger partial charge is 0.153 e. The van der Waals surface area contributed by atoms with E-state index in [4.69, 9.17) is 0 Å².